The van der Waals surface area contributed by atoms with Crippen LogP contribution in [0.4, 0.5) is 8.78 Å². The van der Waals surface area contributed by atoms with Gasteiger partial charge in [-0.25, -0.2) is 8.78 Å². The van der Waals surface area contributed by atoms with Crippen molar-refractivity contribution in [2.24, 2.45) is 0 Å². The van der Waals surface area contributed by atoms with E-state index in [-0.39, 0.29) is 6.04 Å². The lowest BCUT2D eigenvalue weighted by atomic mass is 9.97. The molecule has 2 aromatic rings. The molecule has 0 aliphatic heterocycles. The van der Waals surface area contributed by atoms with Gasteiger partial charge in [-0.15, -0.1) is 0 Å². The second kappa shape index (κ2) is 7.01. The van der Waals surface area contributed by atoms with Gasteiger partial charge in [0.05, 0.1) is 0 Å². The van der Waals surface area contributed by atoms with Gasteiger partial charge in [-0.05, 0) is 42.6 Å². The minimum absolute atomic E-state index is 0.154. The first-order chi connectivity index (χ1) is 10.0. The molecule has 0 aliphatic carbocycles. The largest absolute Gasteiger partial charge is 0.310 e. The maximum absolute atomic E-state index is 13.9. The number of nitrogens with one attached hydrogen (secondary N) is 1. The van der Waals surface area contributed by atoms with Crippen molar-refractivity contribution in [1.82, 2.24) is 5.32 Å². The standard InChI is InChI=1S/C17H18ClF2N/c1-3-21-15(13-8-4-6-11(2)16(13)18)10-12-7-5-9-14(19)17(12)20/h4-9,15,21H,3,10H2,1-2H3. The van der Waals surface area contributed by atoms with Crippen LogP contribution in [0.1, 0.15) is 29.7 Å². The summed E-state index contributed by atoms with van der Waals surface area (Å²) < 4.78 is 27.2. The predicted molar refractivity (Wildman–Crippen MR) is 82.7 cm³/mol. The number of hydrogen-bond acceptors (Lipinski definition) is 1. The van der Waals surface area contributed by atoms with Gasteiger partial charge in [0, 0.05) is 11.1 Å². The number of aryl methyl sites for hydroxylation is 1. The lowest BCUT2D eigenvalue weighted by Gasteiger charge is -2.21. The second-order valence-corrected chi connectivity index (χ2v) is 5.38. The van der Waals surface area contributed by atoms with Crippen LogP contribution in [0, 0.1) is 18.6 Å². The zero-order valence-corrected chi connectivity index (χ0v) is 12.8. The molecule has 0 spiro atoms. The van der Waals surface area contributed by atoms with E-state index in [0.29, 0.717) is 23.6 Å². The van der Waals surface area contributed by atoms with Gasteiger partial charge in [0.15, 0.2) is 11.6 Å². The monoisotopic (exact) mass is 309 g/mol. The summed E-state index contributed by atoms with van der Waals surface area (Å²) in [7, 11) is 0. The topological polar surface area (TPSA) is 12.0 Å². The van der Waals surface area contributed by atoms with Crippen molar-refractivity contribution in [2.75, 3.05) is 6.54 Å². The summed E-state index contributed by atoms with van der Waals surface area (Å²) in [5.74, 6) is -1.61. The average Bonchev–Trinajstić information content (AvgIpc) is 2.46. The van der Waals surface area contributed by atoms with Crippen molar-refractivity contribution in [1.29, 1.82) is 0 Å². The van der Waals surface area contributed by atoms with E-state index in [0.717, 1.165) is 17.2 Å². The van der Waals surface area contributed by atoms with Crippen LogP contribution in [-0.4, -0.2) is 6.54 Å². The van der Waals surface area contributed by atoms with Gasteiger partial charge in [-0.2, -0.15) is 0 Å². The van der Waals surface area contributed by atoms with E-state index in [4.69, 9.17) is 11.6 Å². The van der Waals surface area contributed by atoms with E-state index >= 15 is 0 Å². The Morgan fingerprint density at radius 2 is 1.86 bits per heavy atom. The summed E-state index contributed by atoms with van der Waals surface area (Å²) >= 11 is 6.35. The maximum atomic E-state index is 13.9. The van der Waals surface area contributed by atoms with Gasteiger partial charge in [0.1, 0.15) is 0 Å². The molecule has 1 atom stereocenters. The molecule has 1 nitrogen and oxygen atoms in total. The third kappa shape index (κ3) is 3.60. The highest BCUT2D eigenvalue weighted by Gasteiger charge is 2.18. The SMILES string of the molecule is CCNC(Cc1cccc(F)c1F)c1cccc(C)c1Cl. The highest BCUT2D eigenvalue weighted by molar-refractivity contribution is 6.32. The predicted octanol–water partition coefficient (Wildman–Crippen LogP) is 4.82. The zero-order chi connectivity index (χ0) is 15.4. The number of hydrogen-bond donors (Lipinski definition) is 1. The fourth-order valence-electron chi connectivity index (χ4n) is 2.40. The molecule has 1 unspecified atom stereocenters. The Hall–Kier alpha value is -1.45. The van der Waals surface area contributed by atoms with Crippen LogP contribution >= 0.6 is 11.6 Å². The molecule has 0 fully saturated rings. The summed E-state index contributed by atoms with van der Waals surface area (Å²) in [5, 5.41) is 3.96. The summed E-state index contributed by atoms with van der Waals surface area (Å²) in [5.41, 5.74) is 2.22. The Balaban J connectivity index is 2.35. The minimum Gasteiger partial charge on any atom is -0.310 e. The molecule has 0 aromatic heterocycles. The molecule has 0 heterocycles. The van der Waals surface area contributed by atoms with Crippen LogP contribution in [0.3, 0.4) is 0 Å². The molecule has 0 aliphatic rings. The van der Waals surface area contributed by atoms with Crippen LogP contribution < -0.4 is 5.32 Å². The molecule has 2 rings (SSSR count). The van der Waals surface area contributed by atoms with E-state index < -0.39 is 11.6 Å². The molecular formula is C17H18ClF2N. The highest BCUT2D eigenvalue weighted by Crippen LogP contribution is 2.29. The summed E-state index contributed by atoms with van der Waals surface area (Å²) in [4.78, 5) is 0. The zero-order valence-electron chi connectivity index (χ0n) is 12.1. The Kier molecular flexibility index (Phi) is 5.32. The van der Waals surface area contributed by atoms with Crippen LogP contribution in [0.5, 0.6) is 0 Å². The highest BCUT2D eigenvalue weighted by atomic mass is 35.5. The van der Waals surface area contributed by atoms with Crippen LogP contribution in [0.25, 0.3) is 0 Å². The molecule has 0 radical (unpaired) electrons. The van der Waals surface area contributed by atoms with E-state index in [2.05, 4.69) is 5.32 Å². The first-order valence-electron chi connectivity index (χ1n) is 6.95. The summed E-state index contributed by atoms with van der Waals surface area (Å²) in [6.07, 6.45) is 0.348. The summed E-state index contributed by atoms with van der Waals surface area (Å²) in [6.45, 7) is 4.61. The van der Waals surface area contributed by atoms with Gasteiger partial charge < -0.3 is 5.32 Å². The van der Waals surface area contributed by atoms with Crippen molar-refractivity contribution in [3.05, 3.63) is 69.7 Å². The van der Waals surface area contributed by atoms with E-state index in [1.807, 2.05) is 32.0 Å². The Morgan fingerprint density at radius 1 is 1.14 bits per heavy atom. The quantitative estimate of drug-likeness (QED) is 0.835. The minimum atomic E-state index is -0.821. The Labute approximate surface area is 128 Å². The fourth-order valence-corrected chi connectivity index (χ4v) is 2.66. The molecule has 2 aromatic carbocycles. The molecule has 4 heteroatoms. The number of halogens is 3. The average molecular weight is 310 g/mol. The molecule has 0 saturated carbocycles. The smallest absolute Gasteiger partial charge is 0.162 e. The van der Waals surface area contributed by atoms with Gasteiger partial charge in [-0.3, -0.25) is 0 Å². The van der Waals surface area contributed by atoms with Crippen molar-refractivity contribution in [3.8, 4) is 0 Å². The van der Waals surface area contributed by atoms with Crippen LogP contribution in [0.2, 0.25) is 5.02 Å². The summed E-state index contributed by atoms with van der Waals surface area (Å²) in [6, 6.07) is 9.86. The first kappa shape index (κ1) is 15.9. The van der Waals surface area contributed by atoms with Crippen LogP contribution in [0.15, 0.2) is 36.4 Å². The normalized spacial score (nSPS) is 12.4. The van der Waals surface area contributed by atoms with Gasteiger partial charge in [0.25, 0.3) is 0 Å². The number of rotatable bonds is 5. The van der Waals surface area contributed by atoms with Crippen molar-refractivity contribution < 1.29 is 8.78 Å². The molecule has 1 N–H and O–H groups in total. The first-order valence-corrected chi connectivity index (χ1v) is 7.33. The molecule has 21 heavy (non-hydrogen) atoms. The molecule has 0 saturated heterocycles. The van der Waals surface area contributed by atoms with Crippen molar-refractivity contribution in [2.45, 2.75) is 26.3 Å². The number of benzene rings is 2. The van der Waals surface area contributed by atoms with Gasteiger partial charge in [0.2, 0.25) is 0 Å². The van der Waals surface area contributed by atoms with E-state index in [9.17, 15) is 8.78 Å². The molecular weight excluding hydrogens is 292 g/mol. The Morgan fingerprint density at radius 3 is 2.57 bits per heavy atom. The van der Waals surface area contributed by atoms with Crippen molar-refractivity contribution in [3.63, 3.8) is 0 Å². The fraction of sp³-hybridized carbons (Fsp3) is 0.294. The van der Waals surface area contributed by atoms with Gasteiger partial charge >= 0.3 is 0 Å². The second-order valence-electron chi connectivity index (χ2n) is 5.01. The molecule has 0 bridgehead atoms. The number of likely N-dealkylation sites (N-methyl/N-ethyl adjacent to an activating group) is 1. The van der Waals surface area contributed by atoms with Gasteiger partial charge in [-0.1, -0.05) is 48.9 Å². The molecule has 112 valence electrons. The van der Waals surface area contributed by atoms with E-state index in [1.54, 1.807) is 6.07 Å². The lowest BCUT2D eigenvalue weighted by molar-refractivity contribution is 0.481. The Bertz CT molecular complexity index is 628. The van der Waals surface area contributed by atoms with E-state index in [1.165, 1.54) is 6.07 Å². The lowest BCUT2D eigenvalue weighted by Crippen LogP contribution is -2.24. The third-order valence-corrected chi connectivity index (χ3v) is 4.02. The van der Waals surface area contributed by atoms with Crippen LogP contribution in [-0.2, 0) is 6.42 Å². The van der Waals surface area contributed by atoms with Crippen molar-refractivity contribution >= 4 is 11.6 Å². The molecule has 0 amide bonds. The third-order valence-electron chi connectivity index (χ3n) is 3.50. The maximum Gasteiger partial charge on any atom is 0.162 e.